The van der Waals surface area contributed by atoms with Gasteiger partial charge in [0, 0.05) is 6.42 Å². The summed E-state index contributed by atoms with van der Waals surface area (Å²) in [7, 11) is 0. The normalized spacial score (nSPS) is 22.2. The zero-order valence-corrected chi connectivity index (χ0v) is 9.65. The van der Waals surface area contributed by atoms with Gasteiger partial charge < -0.3 is 10.0 Å². The van der Waals surface area contributed by atoms with Crippen LogP contribution in [0.2, 0.25) is 0 Å². The first-order valence-electron chi connectivity index (χ1n) is 5.43. The third kappa shape index (κ3) is 2.40. The molecule has 0 radical (unpaired) electrons. The molecule has 1 amide bonds. The molecule has 4 nitrogen and oxygen atoms in total. The minimum Gasteiger partial charge on any atom is -0.479 e. The first kappa shape index (κ1) is 13.4. The molecule has 102 valence electrons. The molecular formula is C12H10F3NO3. The third-order valence-electron chi connectivity index (χ3n) is 3.06. The number of alkyl halides is 3. The highest BCUT2D eigenvalue weighted by Crippen LogP contribution is 2.39. The quantitative estimate of drug-likeness (QED) is 0.848. The van der Waals surface area contributed by atoms with Crippen molar-refractivity contribution in [1.29, 1.82) is 0 Å². The highest BCUT2D eigenvalue weighted by molar-refractivity contribution is 5.95. The molecule has 1 aliphatic rings. The summed E-state index contributed by atoms with van der Waals surface area (Å²) in [6.07, 6.45) is -5.18. The van der Waals surface area contributed by atoms with E-state index in [0.717, 1.165) is 0 Å². The van der Waals surface area contributed by atoms with E-state index in [1.165, 1.54) is 0 Å². The van der Waals surface area contributed by atoms with Gasteiger partial charge in [0.15, 0.2) is 5.54 Å². The summed E-state index contributed by atoms with van der Waals surface area (Å²) < 4.78 is 36.9. The van der Waals surface area contributed by atoms with Gasteiger partial charge in [0.1, 0.15) is 0 Å². The first-order chi connectivity index (χ1) is 8.77. The Bertz CT molecular complexity index is 515. The number of rotatable bonds is 3. The Labute approximate surface area is 106 Å². The standard InChI is InChI=1S/C12H10F3NO3/c13-12(14,15)9(17)16-7-11(16,10(18)19)6-8-4-2-1-3-5-8/h1-5H,6-7H2,(H,18,19). The lowest BCUT2D eigenvalue weighted by atomic mass is 9.99. The van der Waals surface area contributed by atoms with E-state index in [9.17, 15) is 22.8 Å². The van der Waals surface area contributed by atoms with Crippen molar-refractivity contribution in [3.8, 4) is 0 Å². The van der Waals surface area contributed by atoms with Crippen molar-refractivity contribution in [2.24, 2.45) is 0 Å². The van der Waals surface area contributed by atoms with Crippen LogP contribution in [0.5, 0.6) is 0 Å². The molecule has 1 fully saturated rings. The minimum absolute atomic E-state index is 0.134. The van der Waals surface area contributed by atoms with Crippen molar-refractivity contribution < 1.29 is 27.9 Å². The van der Waals surface area contributed by atoms with Crippen LogP contribution in [0.15, 0.2) is 30.3 Å². The number of benzene rings is 1. The number of halogens is 3. The second-order valence-corrected chi connectivity index (χ2v) is 4.39. The average molecular weight is 273 g/mol. The summed E-state index contributed by atoms with van der Waals surface area (Å²) in [5.41, 5.74) is -1.20. The smallest absolute Gasteiger partial charge is 0.471 e. The average Bonchev–Trinajstić information content (AvgIpc) is 3.04. The lowest BCUT2D eigenvalue weighted by Gasteiger charge is -2.14. The maximum absolute atomic E-state index is 12.3. The molecule has 0 saturated carbocycles. The number of aliphatic carboxylic acids is 1. The van der Waals surface area contributed by atoms with Crippen molar-refractivity contribution >= 4 is 11.9 Å². The Balaban J connectivity index is 2.20. The number of carboxylic acids is 1. The Morgan fingerprint density at radius 3 is 2.32 bits per heavy atom. The maximum Gasteiger partial charge on any atom is 0.471 e. The Morgan fingerprint density at radius 1 is 1.26 bits per heavy atom. The van der Waals surface area contributed by atoms with Crippen LogP contribution in [0, 0.1) is 0 Å². The molecule has 1 N–H and O–H groups in total. The molecule has 1 aliphatic heterocycles. The number of hydrogen-bond donors (Lipinski definition) is 1. The topological polar surface area (TPSA) is 57.4 Å². The SMILES string of the molecule is O=C(N1CC1(Cc1ccccc1)C(=O)O)C(F)(F)F. The van der Waals surface area contributed by atoms with Crippen molar-refractivity contribution in [1.82, 2.24) is 4.90 Å². The molecule has 2 rings (SSSR count). The van der Waals surface area contributed by atoms with E-state index in [0.29, 0.717) is 10.5 Å². The van der Waals surface area contributed by atoms with Crippen LogP contribution in [0.3, 0.4) is 0 Å². The van der Waals surface area contributed by atoms with Gasteiger partial charge in [-0.1, -0.05) is 30.3 Å². The molecular weight excluding hydrogens is 263 g/mol. The van der Waals surface area contributed by atoms with Gasteiger partial charge in [-0.3, -0.25) is 4.79 Å². The molecule has 1 aromatic rings. The van der Waals surface area contributed by atoms with Crippen LogP contribution in [-0.2, 0) is 16.0 Å². The van der Waals surface area contributed by atoms with Gasteiger partial charge >= 0.3 is 18.1 Å². The molecule has 1 heterocycles. The maximum atomic E-state index is 12.3. The summed E-state index contributed by atoms with van der Waals surface area (Å²) in [5, 5.41) is 9.09. The Kier molecular flexibility index (Phi) is 3.00. The molecule has 1 aromatic carbocycles. The lowest BCUT2D eigenvalue weighted by molar-refractivity contribution is -0.181. The fourth-order valence-electron chi connectivity index (χ4n) is 1.99. The predicted molar refractivity (Wildman–Crippen MR) is 58.3 cm³/mol. The summed E-state index contributed by atoms with van der Waals surface area (Å²) in [6, 6.07) is 8.24. The van der Waals surface area contributed by atoms with Crippen LogP contribution < -0.4 is 0 Å². The number of hydrogen-bond acceptors (Lipinski definition) is 2. The molecule has 19 heavy (non-hydrogen) atoms. The number of amides is 1. The number of carboxylic acid groups (broad SMARTS) is 1. The Morgan fingerprint density at radius 2 is 1.84 bits per heavy atom. The van der Waals surface area contributed by atoms with Gasteiger partial charge in [-0.25, -0.2) is 4.79 Å². The van der Waals surface area contributed by atoms with Gasteiger partial charge in [0.25, 0.3) is 0 Å². The monoisotopic (exact) mass is 273 g/mol. The van der Waals surface area contributed by atoms with Gasteiger partial charge in [0.05, 0.1) is 6.54 Å². The molecule has 1 atom stereocenters. The van der Waals surface area contributed by atoms with E-state index in [1.54, 1.807) is 30.3 Å². The summed E-state index contributed by atoms with van der Waals surface area (Å²) >= 11 is 0. The zero-order valence-electron chi connectivity index (χ0n) is 9.65. The van der Waals surface area contributed by atoms with E-state index in [4.69, 9.17) is 5.11 Å². The second kappa shape index (κ2) is 4.25. The molecule has 0 aliphatic carbocycles. The minimum atomic E-state index is -5.05. The highest BCUT2D eigenvalue weighted by atomic mass is 19.4. The summed E-state index contributed by atoms with van der Waals surface area (Å²) in [5.74, 6) is -3.53. The first-order valence-corrected chi connectivity index (χ1v) is 5.43. The van der Waals surface area contributed by atoms with E-state index < -0.39 is 30.1 Å². The van der Waals surface area contributed by atoms with Crippen LogP contribution >= 0.6 is 0 Å². The van der Waals surface area contributed by atoms with Crippen LogP contribution in [0.25, 0.3) is 0 Å². The lowest BCUT2D eigenvalue weighted by Crippen LogP contribution is -2.39. The number of carbonyl (C=O) groups is 2. The third-order valence-corrected chi connectivity index (χ3v) is 3.06. The van der Waals surface area contributed by atoms with Gasteiger partial charge in [-0.05, 0) is 5.56 Å². The number of nitrogens with zero attached hydrogens (tertiary/aromatic N) is 1. The molecule has 0 spiro atoms. The largest absolute Gasteiger partial charge is 0.479 e. The second-order valence-electron chi connectivity index (χ2n) is 4.39. The molecule has 1 unspecified atom stereocenters. The highest BCUT2D eigenvalue weighted by Gasteiger charge is 2.65. The van der Waals surface area contributed by atoms with Crippen LogP contribution in [0.4, 0.5) is 13.2 Å². The fourth-order valence-corrected chi connectivity index (χ4v) is 1.99. The van der Waals surface area contributed by atoms with Crippen molar-refractivity contribution in [2.45, 2.75) is 18.1 Å². The van der Waals surface area contributed by atoms with Crippen LogP contribution in [0.1, 0.15) is 5.56 Å². The van der Waals surface area contributed by atoms with Gasteiger partial charge in [-0.15, -0.1) is 0 Å². The van der Waals surface area contributed by atoms with E-state index >= 15 is 0 Å². The fraction of sp³-hybridized carbons (Fsp3) is 0.333. The predicted octanol–water partition coefficient (Wildman–Crippen LogP) is 1.46. The zero-order chi connectivity index (χ0) is 14.3. The van der Waals surface area contributed by atoms with E-state index in [1.807, 2.05) is 0 Å². The van der Waals surface area contributed by atoms with E-state index in [-0.39, 0.29) is 6.42 Å². The Hall–Kier alpha value is -2.05. The summed E-state index contributed by atoms with van der Waals surface area (Å²) in [4.78, 5) is 22.6. The molecule has 7 heteroatoms. The van der Waals surface area contributed by atoms with Crippen molar-refractivity contribution in [2.75, 3.05) is 6.54 Å². The molecule has 0 aromatic heterocycles. The number of carbonyl (C=O) groups excluding carboxylic acids is 1. The summed E-state index contributed by atoms with van der Waals surface area (Å²) in [6.45, 7) is -0.421. The van der Waals surface area contributed by atoms with Crippen molar-refractivity contribution in [3.63, 3.8) is 0 Å². The molecule has 1 saturated heterocycles. The van der Waals surface area contributed by atoms with Gasteiger partial charge in [0.2, 0.25) is 0 Å². The van der Waals surface area contributed by atoms with Crippen molar-refractivity contribution in [3.05, 3.63) is 35.9 Å². The van der Waals surface area contributed by atoms with Crippen LogP contribution in [-0.4, -0.2) is 40.1 Å². The van der Waals surface area contributed by atoms with Gasteiger partial charge in [-0.2, -0.15) is 13.2 Å². The van der Waals surface area contributed by atoms with E-state index in [2.05, 4.69) is 0 Å². The molecule has 0 bridgehead atoms.